The van der Waals surface area contributed by atoms with Crippen LogP contribution < -0.4 is 11.3 Å². The van der Waals surface area contributed by atoms with E-state index in [-0.39, 0.29) is 6.04 Å². The topological polar surface area (TPSA) is 47.3 Å². The lowest BCUT2D eigenvalue weighted by molar-refractivity contribution is 0.149. The van der Waals surface area contributed by atoms with E-state index in [2.05, 4.69) is 36.6 Å². The van der Waals surface area contributed by atoms with Crippen molar-refractivity contribution < 1.29 is 4.74 Å². The number of nitrogens with one attached hydrogen (secondary N) is 1. The molecule has 0 aliphatic heterocycles. The predicted octanol–water partition coefficient (Wildman–Crippen LogP) is 3.13. The Hall–Kier alpha value is -0.900. The molecule has 3 N–H and O–H groups in total. The van der Waals surface area contributed by atoms with Crippen LogP contribution in [0.2, 0.25) is 0 Å². The third-order valence-electron chi connectivity index (χ3n) is 4.18. The Kier molecular flexibility index (Phi) is 5.37. The number of benzene rings is 1. The van der Waals surface area contributed by atoms with Crippen molar-refractivity contribution in [3.63, 3.8) is 0 Å². The second-order valence-electron chi connectivity index (χ2n) is 5.81. The minimum absolute atomic E-state index is 0.213. The zero-order valence-corrected chi connectivity index (χ0v) is 12.1. The van der Waals surface area contributed by atoms with E-state index in [0.29, 0.717) is 5.92 Å². The highest BCUT2D eigenvalue weighted by Gasteiger charge is 2.21. The highest BCUT2D eigenvalue weighted by atomic mass is 16.5. The zero-order valence-electron chi connectivity index (χ0n) is 12.1. The Morgan fingerprint density at radius 1 is 1.42 bits per heavy atom. The molecule has 0 saturated heterocycles. The lowest BCUT2D eigenvalue weighted by Gasteiger charge is -2.27. The first-order valence-corrected chi connectivity index (χ1v) is 7.29. The summed E-state index contributed by atoms with van der Waals surface area (Å²) < 4.78 is 5.20. The Bertz CT molecular complexity index is 390. The fourth-order valence-corrected chi connectivity index (χ4v) is 2.83. The van der Waals surface area contributed by atoms with E-state index >= 15 is 0 Å². The molecule has 1 saturated carbocycles. The van der Waals surface area contributed by atoms with E-state index in [0.717, 1.165) is 18.9 Å². The van der Waals surface area contributed by atoms with E-state index in [4.69, 9.17) is 10.6 Å². The van der Waals surface area contributed by atoms with Crippen LogP contribution in [0.15, 0.2) is 24.3 Å². The predicted molar refractivity (Wildman–Crippen MR) is 78.8 cm³/mol. The summed E-state index contributed by atoms with van der Waals surface area (Å²) >= 11 is 0. The van der Waals surface area contributed by atoms with Crippen LogP contribution in [0.5, 0.6) is 0 Å². The van der Waals surface area contributed by atoms with Crippen LogP contribution in [0.4, 0.5) is 0 Å². The number of methoxy groups -OCH3 is 1. The van der Waals surface area contributed by atoms with Crippen molar-refractivity contribution in [1.82, 2.24) is 5.43 Å². The minimum Gasteiger partial charge on any atom is -0.384 e. The number of nitrogens with two attached hydrogens (primary N) is 1. The third kappa shape index (κ3) is 3.78. The molecule has 2 unspecified atom stereocenters. The second-order valence-corrected chi connectivity index (χ2v) is 5.81. The van der Waals surface area contributed by atoms with Gasteiger partial charge in [0.2, 0.25) is 0 Å². The van der Waals surface area contributed by atoms with Gasteiger partial charge in [-0.3, -0.25) is 11.3 Å². The largest absolute Gasteiger partial charge is 0.384 e. The monoisotopic (exact) mass is 262 g/mol. The number of hydrogen-bond donors (Lipinski definition) is 2. The van der Waals surface area contributed by atoms with Crippen molar-refractivity contribution in [2.75, 3.05) is 13.7 Å². The molecule has 0 aromatic heterocycles. The lowest BCUT2D eigenvalue weighted by atomic mass is 9.79. The Morgan fingerprint density at radius 3 is 2.79 bits per heavy atom. The van der Waals surface area contributed by atoms with E-state index in [1.54, 1.807) is 7.11 Å². The van der Waals surface area contributed by atoms with Gasteiger partial charge in [-0.25, -0.2) is 0 Å². The molecule has 19 heavy (non-hydrogen) atoms. The lowest BCUT2D eigenvalue weighted by Crippen LogP contribution is -2.30. The van der Waals surface area contributed by atoms with E-state index in [1.807, 2.05) is 0 Å². The van der Waals surface area contributed by atoms with Crippen LogP contribution in [0, 0.1) is 5.92 Å². The first kappa shape index (κ1) is 14.5. The molecule has 1 aromatic rings. The first-order chi connectivity index (χ1) is 9.24. The van der Waals surface area contributed by atoms with Gasteiger partial charge in [0.1, 0.15) is 0 Å². The van der Waals surface area contributed by atoms with Crippen LogP contribution >= 0.6 is 0 Å². The van der Waals surface area contributed by atoms with Crippen LogP contribution in [0.25, 0.3) is 0 Å². The summed E-state index contributed by atoms with van der Waals surface area (Å²) in [6, 6.07) is 9.12. The molecule has 1 aliphatic carbocycles. The quantitative estimate of drug-likeness (QED) is 0.586. The number of ether oxygens (including phenoxy) is 1. The summed E-state index contributed by atoms with van der Waals surface area (Å²) in [5.41, 5.74) is 5.73. The van der Waals surface area contributed by atoms with Crippen molar-refractivity contribution in [3.05, 3.63) is 35.4 Å². The summed E-state index contributed by atoms with van der Waals surface area (Å²) in [7, 11) is 1.75. The van der Waals surface area contributed by atoms with Gasteiger partial charge in [-0.1, -0.05) is 37.6 Å². The Labute approximate surface area is 116 Å². The first-order valence-electron chi connectivity index (χ1n) is 7.29. The highest BCUT2D eigenvalue weighted by Crippen LogP contribution is 2.37. The van der Waals surface area contributed by atoms with Crippen molar-refractivity contribution in [3.8, 4) is 0 Å². The van der Waals surface area contributed by atoms with Gasteiger partial charge >= 0.3 is 0 Å². The Morgan fingerprint density at radius 2 is 2.21 bits per heavy atom. The highest BCUT2D eigenvalue weighted by molar-refractivity contribution is 5.29. The molecule has 0 amide bonds. The van der Waals surface area contributed by atoms with Gasteiger partial charge < -0.3 is 4.74 Å². The number of rotatable bonds is 7. The van der Waals surface area contributed by atoms with Crippen molar-refractivity contribution in [2.24, 2.45) is 11.8 Å². The maximum absolute atomic E-state index is 5.73. The van der Waals surface area contributed by atoms with Gasteiger partial charge in [-0.05, 0) is 42.2 Å². The molecule has 0 radical (unpaired) electrons. The maximum atomic E-state index is 5.73. The number of hydrazine groups is 1. The molecule has 2 atom stereocenters. The molecule has 0 bridgehead atoms. The fourth-order valence-electron chi connectivity index (χ4n) is 2.83. The van der Waals surface area contributed by atoms with Crippen molar-refractivity contribution >= 4 is 0 Å². The molecule has 3 nitrogen and oxygen atoms in total. The molecular formula is C16H26N2O. The van der Waals surface area contributed by atoms with Crippen LogP contribution in [-0.2, 0) is 4.74 Å². The van der Waals surface area contributed by atoms with Crippen LogP contribution in [0.3, 0.4) is 0 Å². The molecule has 1 aliphatic rings. The summed E-state index contributed by atoms with van der Waals surface area (Å²) in [5.74, 6) is 7.00. The van der Waals surface area contributed by atoms with Crippen molar-refractivity contribution in [2.45, 2.75) is 44.6 Å². The minimum atomic E-state index is 0.213. The summed E-state index contributed by atoms with van der Waals surface area (Å²) in [6.45, 7) is 2.98. The van der Waals surface area contributed by atoms with E-state index < -0.39 is 0 Å². The zero-order chi connectivity index (χ0) is 13.7. The van der Waals surface area contributed by atoms with Gasteiger partial charge in [0, 0.05) is 19.8 Å². The normalized spacial score (nSPS) is 18.9. The van der Waals surface area contributed by atoms with Gasteiger partial charge in [-0.15, -0.1) is 0 Å². The summed E-state index contributed by atoms with van der Waals surface area (Å²) in [6.07, 6.45) is 5.05. The molecule has 1 fully saturated rings. The SMILES string of the molecule is COCC(C)CC(NN)c1cccc(C2CCC2)c1. The smallest absolute Gasteiger partial charge is 0.0488 e. The molecular weight excluding hydrogens is 236 g/mol. The average molecular weight is 262 g/mol. The number of hydrogen-bond acceptors (Lipinski definition) is 3. The van der Waals surface area contributed by atoms with Gasteiger partial charge in [-0.2, -0.15) is 0 Å². The van der Waals surface area contributed by atoms with Gasteiger partial charge in [0.15, 0.2) is 0 Å². The van der Waals surface area contributed by atoms with Gasteiger partial charge in [0.05, 0.1) is 0 Å². The standard InChI is InChI=1S/C16H26N2O/c1-12(11-19-2)9-16(18-17)15-8-4-7-14(10-15)13-5-3-6-13/h4,7-8,10,12-13,16,18H,3,5-6,9,11,17H2,1-2H3. The summed E-state index contributed by atoms with van der Waals surface area (Å²) in [4.78, 5) is 0. The van der Waals surface area contributed by atoms with E-state index in [1.165, 1.54) is 30.4 Å². The van der Waals surface area contributed by atoms with Crippen molar-refractivity contribution in [1.29, 1.82) is 0 Å². The second kappa shape index (κ2) is 7.04. The third-order valence-corrected chi connectivity index (χ3v) is 4.18. The molecule has 106 valence electrons. The maximum Gasteiger partial charge on any atom is 0.0488 e. The summed E-state index contributed by atoms with van der Waals surface area (Å²) in [5, 5.41) is 0. The molecule has 0 spiro atoms. The molecule has 2 rings (SSSR count). The molecule has 0 heterocycles. The van der Waals surface area contributed by atoms with E-state index in [9.17, 15) is 0 Å². The molecule has 1 aromatic carbocycles. The Balaban J connectivity index is 2.04. The van der Waals surface area contributed by atoms with Gasteiger partial charge in [0.25, 0.3) is 0 Å². The van der Waals surface area contributed by atoms with Crippen LogP contribution in [0.1, 0.15) is 55.7 Å². The average Bonchev–Trinajstić information content (AvgIpc) is 2.34. The molecule has 3 heteroatoms. The fraction of sp³-hybridized carbons (Fsp3) is 0.625. The van der Waals surface area contributed by atoms with Crippen LogP contribution in [-0.4, -0.2) is 13.7 Å².